The summed E-state index contributed by atoms with van der Waals surface area (Å²) in [7, 11) is -0.0231. The summed E-state index contributed by atoms with van der Waals surface area (Å²) in [5.74, 6) is -0.476. The van der Waals surface area contributed by atoms with Crippen LogP contribution >= 0.6 is 0 Å². The minimum absolute atomic E-state index is 0.227. The molecule has 0 aliphatic carbocycles. The number of nitrogens with one attached hydrogen (secondary N) is 1. The van der Waals surface area contributed by atoms with Crippen LogP contribution in [0.15, 0.2) is 36.4 Å². The summed E-state index contributed by atoms with van der Waals surface area (Å²) in [6.07, 6.45) is 0.361. The van der Waals surface area contributed by atoms with Crippen LogP contribution in [0.25, 0.3) is 0 Å². The Kier molecular flexibility index (Phi) is 5.87. The number of quaternary nitrogens is 1. The Bertz CT molecular complexity index is 649. The minimum Gasteiger partial charge on any atom is -0.322 e. The molecule has 7 heteroatoms. The highest BCUT2D eigenvalue weighted by molar-refractivity contribution is 7.85. The number of nitrogens with zero attached hydrogens (tertiary/aromatic N) is 1. The average molecular weight is 327 g/mol. The van der Waals surface area contributed by atoms with Crippen LogP contribution in [0.2, 0.25) is 0 Å². The van der Waals surface area contributed by atoms with Crippen molar-refractivity contribution in [2.75, 3.05) is 31.7 Å². The van der Waals surface area contributed by atoms with Crippen LogP contribution < -0.4 is 9.80 Å². The molecule has 0 saturated carbocycles. The van der Waals surface area contributed by atoms with Gasteiger partial charge in [-0.2, -0.15) is 8.42 Å². The van der Waals surface area contributed by atoms with E-state index in [1.165, 1.54) is 0 Å². The van der Waals surface area contributed by atoms with Gasteiger partial charge in [0.25, 0.3) is 16.0 Å². The van der Waals surface area contributed by atoms with Gasteiger partial charge in [-0.05, 0) is 19.1 Å². The predicted octanol–water partition coefficient (Wildman–Crippen LogP) is 2.05. The van der Waals surface area contributed by atoms with Gasteiger partial charge in [0.2, 0.25) is 0 Å². The summed E-state index contributed by atoms with van der Waals surface area (Å²) >= 11 is 0. The van der Waals surface area contributed by atoms with E-state index in [4.69, 9.17) is 4.55 Å². The van der Waals surface area contributed by atoms with E-state index in [-0.39, 0.29) is 11.7 Å². The summed E-state index contributed by atoms with van der Waals surface area (Å²) < 4.78 is 30.8. The number of anilines is 1. The van der Waals surface area contributed by atoms with Gasteiger partial charge in [0, 0.05) is 29.8 Å². The maximum Gasteiger partial charge on any atom is 0.265 e. The van der Waals surface area contributed by atoms with Crippen LogP contribution in [-0.4, -0.2) is 45.3 Å². The molecule has 0 fully saturated rings. The van der Waals surface area contributed by atoms with E-state index in [1.807, 2.05) is 26.2 Å². The van der Waals surface area contributed by atoms with Crippen molar-refractivity contribution in [2.24, 2.45) is 0 Å². The number of hydrogen-bond acceptors (Lipinski definition) is 3. The highest BCUT2D eigenvalue weighted by atomic mass is 32.2. The Hall–Kier alpha value is -1.70. The van der Waals surface area contributed by atoms with Gasteiger partial charge in [0.1, 0.15) is 5.69 Å². The second-order valence-corrected chi connectivity index (χ2v) is 7.40. The Labute approximate surface area is 131 Å². The van der Waals surface area contributed by atoms with Gasteiger partial charge >= 0.3 is 0 Å². The van der Waals surface area contributed by atoms with Gasteiger partial charge < -0.3 is 5.32 Å². The van der Waals surface area contributed by atoms with Crippen molar-refractivity contribution in [3.05, 3.63) is 36.4 Å². The van der Waals surface area contributed by atoms with E-state index >= 15 is 0 Å². The van der Waals surface area contributed by atoms with Crippen LogP contribution in [0.4, 0.5) is 11.4 Å². The molecule has 0 radical (unpaired) electrons. The van der Waals surface area contributed by atoms with Crippen LogP contribution in [0.1, 0.15) is 13.3 Å². The maximum atomic E-state index is 11.5. The fraction of sp³-hybridized carbons (Fsp3) is 0.400. The molecule has 1 amide bonds. The molecule has 6 nitrogen and oxygen atoms in total. The lowest BCUT2D eigenvalue weighted by Crippen LogP contribution is -2.41. The molecule has 0 spiro atoms. The molecule has 2 N–H and O–H groups in total. The van der Waals surface area contributed by atoms with E-state index < -0.39 is 10.1 Å². The van der Waals surface area contributed by atoms with E-state index in [9.17, 15) is 13.2 Å². The topological polar surface area (TPSA) is 83.5 Å². The molecule has 0 aliphatic rings. The first-order valence-electron chi connectivity index (χ1n) is 6.87. The van der Waals surface area contributed by atoms with Crippen LogP contribution in [0, 0.1) is 0 Å². The Morgan fingerprint density at radius 1 is 1.27 bits per heavy atom. The summed E-state index contributed by atoms with van der Waals surface area (Å²) in [6.45, 7) is 5.78. The molecule has 0 atom stereocenters. The number of benzene rings is 1. The third-order valence-corrected chi connectivity index (χ3v) is 4.14. The Morgan fingerprint density at radius 2 is 1.82 bits per heavy atom. The normalized spacial score (nSPS) is 12.0. The average Bonchev–Trinajstić information content (AvgIpc) is 2.37. The van der Waals surface area contributed by atoms with Gasteiger partial charge in [-0.1, -0.05) is 6.58 Å². The molecule has 0 saturated heterocycles. The van der Waals surface area contributed by atoms with Gasteiger partial charge in [0.15, 0.2) is 0 Å². The number of rotatable bonds is 7. The number of amides is 1. The molecule has 0 bridgehead atoms. The Balaban J connectivity index is 2.71. The van der Waals surface area contributed by atoms with E-state index in [2.05, 4.69) is 11.9 Å². The first kappa shape index (κ1) is 18.3. The van der Waals surface area contributed by atoms with Crippen molar-refractivity contribution in [1.82, 2.24) is 4.48 Å². The lowest BCUT2D eigenvalue weighted by molar-refractivity contribution is -0.112. The molecule has 1 rings (SSSR count). The first-order chi connectivity index (χ1) is 10.0. The molecular formula is C15H23N2O4S+. The van der Waals surface area contributed by atoms with Crippen molar-refractivity contribution in [3.8, 4) is 0 Å². The van der Waals surface area contributed by atoms with Crippen LogP contribution in [-0.2, 0) is 14.9 Å². The largest absolute Gasteiger partial charge is 0.322 e. The van der Waals surface area contributed by atoms with E-state index in [0.29, 0.717) is 28.7 Å². The van der Waals surface area contributed by atoms with Gasteiger partial charge in [-0.25, -0.2) is 0 Å². The highest BCUT2D eigenvalue weighted by Crippen LogP contribution is 2.22. The summed E-state index contributed by atoms with van der Waals surface area (Å²) in [6, 6.07) is 7.33. The monoisotopic (exact) mass is 327 g/mol. The highest BCUT2D eigenvalue weighted by Gasteiger charge is 2.20. The number of carbonyl (C=O) groups is 1. The molecule has 1 aromatic carbocycles. The molecular weight excluding hydrogens is 304 g/mol. The standard InChI is InChI=1S/C15H22N2O4S/c1-12(2)15(18)16-13-6-8-14(9-7-13)17(3,4)10-5-11-22(19,20)21/h6-9H,1,5,10-11H2,2-4H3,(H-,16,18,19,20,21)/p+1. The second kappa shape index (κ2) is 7.04. The number of carbonyl (C=O) groups excluding carboxylic acids is 1. The van der Waals surface area contributed by atoms with Crippen molar-refractivity contribution in [2.45, 2.75) is 13.3 Å². The van der Waals surface area contributed by atoms with Crippen LogP contribution in [0.5, 0.6) is 0 Å². The molecule has 1 aromatic rings. The van der Waals surface area contributed by atoms with E-state index in [1.54, 1.807) is 19.1 Å². The summed E-state index contributed by atoms with van der Waals surface area (Å²) in [5.41, 5.74) is 2.09. The molecule has 0 heterocycles. The van der Waals surface area contributed by atoms with Crippen molar-refractivity contribution in [3.63, 3.8) is 0 Å². The third-order valence-electron chi connectivity index (χ3n) is 3.33. The molecule has 122 valence electrons. The minimum atomic E-state index is -3.92. The molecule has 22 heavy (non-hydrogen) atoms. The first-order valence-corrected chi connectivity index (χ1v) is 8.48. The maximum absolute atomic E-state index is 11.5. The predicted molar refractivity (Wildman–Crippen MR) is 89.4 cm³/mol. The van der Waals surface area contributed by atoms with Crippen molar-refractivity contribution < 1.29 is 17.8 Å². The molecule has 0 unspecified atom stereocenters. The zero-order valence-corrected chi connectivity index (χ0v) is 14.0. The van der Waals surface area contributed by atoms with Gasteiger partial charge in [-0.15, -0.1) is 0 Å². The third kappa shape index (κ3) is 5.97. The smallest absolute Gasteiger partial charge is 0.265 e. The Morgan fingerprint density at radius 3 is 2.27 bits per heavy atom. The fourth-order valence-corrected chi connectivity index (χ4v) is 2.45. The zero-order valence-electron chi connectivity index (χ0n) is 13.2. The number of hydrogen-bond donors (Lipinski definition) is 2. The van der Waals surface area contributed by atoms with E-state index in [0.717, 1.165) is 5.69 Å². The fourth-order valence-electron chi connectivity index (χ4n) is 1.96. The summed E-state index contributed by atoms with van der Waals surface area (Å²) in [5, 5.41) is 2.73. The molecule has 0 aliphatic heterocycles. The zero-order chi connectivity index (χ0) is 17.0. The lowest BCUT2D eigenvalue weighted by atomic mass is 10.2. The second-order valence-electron chi connectivity index (χ2n) is 5.83. The van der Waals surface area contributed by atoms with Crippen LogP contribution in [0.3, 0.4) is 0 Å². The SMILES string of the molecule is C=C(C)C(=O)Nc1ccc([N+](C)(C)CCCS(=O)(=O)O)cc1. The summed E-state index contributed by atoms with van der Waals surface area (Å²) in [4.78, 5) is 11.5. The van der Waals surface area contributed by atoms with Crippen molar-refractivity contribution >= 4 is 27.4 Å². The van der Waals surface area contributed by atoms with Crippen molar-refractivity contribution in [1.29, 1.82) is 0 Å². The van der Waals surface area contributed by atoms with Gasteiger partial charge in [0.05, 0.1) is 26.4 Å². The quantitative estimate of drug-likeness (QED) is 0.456. The van der Waals surface area contributed by atoms with Gasteiger partial charge in [-0.3, -0.25) is 13.8 Å². The molecule has 0 aromatic heterocycles. The lowest BCUT2D eigenvalue weighted by Gasteiger charge is -2.29.